The van der Waals surface area contributed by atoms with E-state index in [1.54, 1.807) is 36.4 Å². The minimum absolute atomic E-state index is 0.130. The molecule has 1 fully saturated rings. The molecule has 0 unspecified atom stereocenters. The molecule has 0 atom stereocenters. The van der Waals surface area contributed by atoms with Gasteiger partial charge in [-0.3, -0.25) is 9.10 Å². The minimum atomic E-state index is -3.64. The first kappa shape index (κ1) is 25.9. The van der Waals surface area contributed by atoms with Crippen LogP contribution in [-0.2, 0) is 29.6 Å². The van der Waals surface area contributed by atoms with Crippen molar-refractivity contribution in [2.24, 2.45) is 0 Å². The van der Waals surface area contributed by atoms with Gasteiger partial charge in [0.1, 0.15) is 18.9 Å². The molecule has 0 radical (unpaired) electrons. The van der Waals surface area contributed by atoms with Gasteiger partial charge in [-0.2, -0.15) is 4.31 Å². The highest BCUT2D eigenvalue weighted by molar-refractivity contribution is 7.92. The summed E-state index contributed by atoms with van der Waals surface area (Å²) in [7, 11) is -7.22. The van der Waals surface area contributed by atoms with Gasteiger partial charge in [-0.15, -0.1) is 0 Å². The summed E-state index contributed by atoms with van der Waals surface area (Å²) in [5, 5.41) is 2.63. The number of carbonyl (C=O) groups is 1. The fraction of sp³-hybridized carbons (Fsp3) is 0.409. The molecule has 0 bridgehead atoms. The number of carbonyl (C=O) groups excluding carboxylic acids is 1. The third kappa shape index (κ3) is 6.92. The van der Waals surface area contributed by atoms with Crippen molar-refractivity contribution in [1.82, 2.24) is 9.62 Å². The second-order valence-corrected chi connectivity index (χ2v) is 11.6. The average molecular weight is 512 g/mol. The van der Waals surface area contributed by atoms with E-state index >= 15 is 0 Å². The number of amides is 1. The number of nitrogens with one attached hydrogen (secondary N) is 1. The Morgan fingerprint density at radius 1 is 1.03 bits per heavy atom. The molecule has 0 aliphatic carbocycles. The molecule has 10 nitrogen and oxygen atoms in total. The molecular formula is C22H29N3O7S2. The Morgan fingerprint density at radius 3 is 2.24 bits per heavy atom. The Morgan fingerprint density at radius 2 is 1.65 bits per heavy atom. The van der Waals surface area contributed by atoms with Crippen molar-refractivity contribution in [3.8, 4) is 5.75 Å². The summed E-state index contributed by atoms with van der Waals surface area (Å²) in [6.45, 7) is 3.21. The summed E-state index contributed by atoms with van der Waals surface area (Å²) in [6.07, 6.45) is 1.05. The van der Waals surface area contributed by atoms with Crippen LogP contribution in [0.2, 0.25) is 0 Å². The zero-order chi connectivity index (χ0) is 24.8. The number of benzene rings is 2. The molecule has 1 aliphatic heterocycles. The Bertz CT molecular complexity index is 1180. The number of anilines is 1. The molecule has 0 saturated carbocycles. The van der Waals surface area contributed by atoms with Gasteiger partial charge in [0.2, 0.25) is 26.0 Å². The molecule has 1 amide bonds. The van der Waals surface area contributed by atoms with Crippen LogP contribution in [0.25, 0.3) is 0 Å². The highest BCUT2D eigenvalue weighted by atomic mass is 32.2. The molecule has 1 heterocycles. The molecule has 12 heteroatoms. The summed E-state index contributed by atoms with van der Waals surface area (Å²) in [5.41, 5.74) is 1.39. The van der Waals surface area contributed by atoms with Crippen molar-refractivity contribution in [2.45, 2.75) is 11.8 Å². The highest BCUT2D eigenvalue weighted by Crippen LogP contribution is 2.21. The lowest BCUT2D eigenvalue weighted by Gasteiger charge is -2.26. The van der Waals surface area contributed by atoms with Crippen molar-refractivity contribution in [3.05, 3.63) is 54.1 Å². The molecule has 1 N–H and O–H groups in total. The van der Waals surface area contributed by atoms with Gasteiger partial charge >= 0.3 is 0 Å². The summed E-state index contributed by atoms with van der Waals surface area (Å²) >= 11 is 0. The van der Waals surface area contributed by atoms with Crippen molar-refractivity contribution in [2.75, 3.05) is 56.6 Å². The molecule has 34 heavy (non-hydrogen) atoms. The number of hydrogen-bond acceptors (Lipinski definition) is 7. The Balaban J connectivity index is 1.49. The van der Waals surface area contributed by atoms with Crippen molar-refractivity contribution in [3.63, 3.8) is 0 Å². The van der Waals surface area contributed by atoms with Crippen LogP contribution in [0.5, 0.6) is 5.75 Å². The fourth-order valence-electron chi connectivity index (χ4n) is 3.30. The SMILES string of the molecule is Cc1ccc(N(CC(=O)NCCOc2ccc(S(=O)(=O)N3CCOCC3)cc2)S(C)(=O)=O)cc1. The topological polar surface area (TPSA) is 122 Å². The van der Waals surface area contributed by atoms with Crippen LogP contribution >= 0.6 is 0 Å². The smallest absolute Gasteiger partial charge is 0.243 e. The van der Waals surface area contributed by atoms with Gasteiger partial charge in [0.05, 0.1) is 36.6 Å². The van der Waals surface area contributed by atoms with E-state index in [0.717, 1.165) is 16.1 Å². The molecule has 0 spiro atoms. The van der Waals surface area contributed by atoms with Gasteiger partial charge in [-0.05, 0) is 43.3 Å². The van der Waals surface area contributed by atoms with Crippen LogP contribution < -0.4 is 14.4 Å². The predicted molar refractivity (Wildman–Crippen MR) is 128 cm³/mol. The van der Waals surface area contributed by atoms with E-state index in [9.17, 15) is 21.6 Å². The first-order valence-electron chi connectivity index (χ1n) is 10.7. The molecular weight excluding hydrogens is 482 g/mol. The Labute approximate surface area is 200 Å². The summed E-state index contributed by atoms with van der Waals surface area (Å²) in [4.78, 5) is 12.5. The highest BCUT2D eigenvalue weighted by Gasteiger charge is 2.26. The van der Waals surface area contributed by atoms with Gasteiger partial charge in [0, 0.05) is 13.1 Å². The van der Waals surface area contributed by atoms with Gasteiger partial charge in [-0.25, -0.2) is 16.8 Å². The zero-order valence-electron chi connectivity index (χ0n) is 19.1. The predicted octanol–water partition coefficient (Wildman–Crippen LogP) is 0.977. The molecule has 0 aromatic heterocycles. The second-order valence-electron chi connectivity index (χ2n) is 7.79. The van der Waals surface area contributed by atoms with E-state index in [-0.39, 0.29) is 24.6 Å². The molecule has 3 rings (SSSR count). The molecule has 1 saturated heterocycles. The number of morpholine rings is 1. The molecule has 2 aromatic rings. The van der Waals surface area contributed by atoms with Crippen LogP contribution in [0, 0.1) is 6.92 Å². The summed E-state index contributed by atoms with van der Waals surface area (Å²) < 4.78 is 62.8. The van der Waals surface area contributed by atoms with E-state index in [4.69, 9.17) is 9.47 Å². The zero-order valence-corrected chi connectivity index (χ0v) is 20.8. The maximum Gasteiger partial charge on any atom is 0.243 e. The van der Waals surface area contributed by atoms with E-state index in [0.29, 0.717) is 37.7 Å². The van der Waals surface area contributed by atoms with Crippen LogP contribution in [0.3, 0.4) is 0 Å². The standard InChI is InChI=1S/C22H29N3O7S2/c1-18-3-5-19(6-4-18)25(33(2,27)28)17-22(26)23-11-14-32-20-7-9-21(10-8-20)34(29,30)24-12-15-31-16-13-24/h3-10H,11-17H2,1-2H3,(H,23,26). The largest absolute Gasteiger partial charge is 0.492 e. The van der Waals surface area contributed by atoms with Crippen molar-refractivity contribution >= 4 is 31.6 Å². The third-order valence-electron chi connectivity index (χ3n) is 5.13. The fourth-order valence-corrected chi connectivity index (χ4v) is 5.56. The van der Waals surface area contributed by atoms with Crippen LogP contribution in [-0.4, -0.2) is 79.3 Å². The van der Waals surface area contributed by atoms with Crippen LogP contribution in [0.1, 0.15) is 5.56 Å². The number of ether oxygens (including phenoxy) is 2. The lowest BCUT2D eigenvalue weighted by atomic mass is 10.2. The average Bonchev–Trinajstić information content (AvgIpc) is 2.81. The normalized spacial score (nSPS) is 15.0. The number of nitrogens with zero attached hydrogens (tertiary/aromatic N) is 2. The van der Waals surface area contributed by atoms with Crippen LogP contribution in [0.4, 0.5) is 5.69 Å². The van der Waals surface area contributed by atoms with Gasteiger partial charge < -0.3 is 14.8 Å². The van der Waals surface area contributed by atoms with Gasteiger partial charge in [0.15, 0.2) is 0 Å². The molecule has 186 valence electrons. The van der Waals surface area contributed by atoms with Gasteiger partial charge in [0.25, 0.3) is 0 Å². The maximum atomic E-state index is 12.6. The molecule has 1 aliphatic rings. The summed E-state index contributed by atoms with van der Waals surface area (Å²) in [5.74, 6) is -0.0193. The number of rotatable bonds is 10. The summed E-state index contributed by atoms with van der Waals surface area (Å²) in [6, 6.07) is 12.9. The first-order valence-corrected chi connectivity index (χ1v) is 14.0. The van der Waals surface area contributed by atoms with E-state index in [2.05, 4.69) is 5.32 Å². The second kappa shape index (κ2) is 11.2. The van der Waals surface area contributed by atoms with Crippen LogP contribution in [0.15, 0.2) is 53.4 Å². The van der Waals surface area contributed by atoms with Gasteiger partial charge in [-0.1, -0.05) is 17.7 Å². The number of aryl methyl sites for hydroxylation is 1. The van der Waals surface area contributed by atoms with E-state index in [1.807, 2.05) is 6.92 Å². The van der Waals surface area contributed by atoms with Crippen molar-refractivity contribution in [1.29, 1.82) is 0 Å². The van der Waals surface area contributed by atoms with E-state index in [1.165, 1.54) is 16.4 Å². The molecule has 2 aromatic carbocycles. The van der Waals surface area contributed by atoms with E-state index < -0.39 is 26.0 Å². The lowest BCUT2D eigenvalue weighted by molar-refractivity contribution is -0.119. The third-order valence-corrected chi connectivity index (χ3v) is 8.19. The monoisotopic (exact) mass is 511 g/mol. The number of sulfonamides is 2. The lowest BCUT2D eigenvalue weighted by Crippen LogP contribution is -2.41. The van der Waals surface area contributed by atoms with Crippen molar-refractivity contribution < 1.29 is 31.1 Å². The Hall–Kier alpha value is -2.67. The minimum Gasteiger partial charge on any atom is -0.492 e. The quantitative estimate of drug-likeness (QED) is 0.472. The maximum absolute atomic E-state index is 12.6. The number of hydrogen-bond donors (Lipinski definition) is 1. The Kier molecular flexibility index (Phi) is 8.52. The first-order chi connectivity index (χ1) is 16.1.